The molecule has 7 nitrogen and oxygen atoms in total. The zero-order chi connectivity index (χ0) is 29.1. The molecule has 1 heterocycles. The smallest absolute Gasteiger partial charge is 0.353 e. The van der Waals surface area contributed by atoms with Gasteiger partial charge in [-0.3, -0.25) is 9.59 Å². The third-order valence-corrected chi connectivity index (χ3v) is 11.8. The highest BCUT2D eigenvalue weighted by atomic mass is 31.2. The highest BCUT2D eigenvalue weighted by Crippen LogP contribution is 2.49. The number of likely N-dealkylation sites (tertiary alicyclic amines) is 1. The Hall–Kier alpha value is -4.45. The Morgan fingerprint density at radius 2 is 1.24 bits per heavy atom. The molecule has 1 aliphatic heterocycles. The van der Waals surface area contributed by atoms with Gasteiger partial charge in [0.25, 0.3) is 0 Å². The minimum absolute atomic E-state index is 0.0851. The van der Waals surface area contributed by atoms with Crippen LogP contribution in [0.1, 0.15) is 23.7 Å². The van der Waals surface area contributed by atoms with Crippen LogP contribution in [0, 0.1) is 5.92 Å². The number of carboxylic acids is 1. The van der Waals surface area contributed by atoms with Gasteiger partial charge in [0.1, 0.15) is 5.42 Å². The van der Waals surface area contributed by atoms with Crippen LogP contribution in [0.2, 0.25) is 0 Å². The summed E-state index contributed by atoms with van der Waals surface area (Å²) in [5, 5.41) is 23.9. The minimum atomic E-state index is -3.18. The summed E-state index contributed by atoms with van der Waals surface area (Å²) in [7, 11) is 0. The summed E-state index contributed by atoms with van der Waals surface area (Å²) in [6, 6.07) is 33.7. The van der Waals surface area contributed by atoms with Crippen molar-refractivity contribution in [1.29, 1.82) is 0 Å². The Morgan fingerprint density at radius 3 is 1.63 bits per heavy atom. The van der Waals surface area contributed by atoms with Crippen LogP contribution in [0.4, 0.5) is 5.69 Å². The molecule has 1 fully saturated rings. The van der Waals surface area contributed by atoms with E-state index in [0.29, 0.717) is 11.3 Å². The van der Waals surface area contributed by atoms with E-state index in [0.717, 1.165) is 15.9 Å². The van der Waals surface area contributed by atoms with Gasteiger partial charge in [-0.15, -0.1) is 0 Å². The molecule has 0 saturated carbocycles. The van der Waals surface area contributed by atoms with E-state index < -0.39 is 36.8 Å². The van der Waals surface area contributed by atoms with E-state index in [9.17, 15) is 24.6 Å². The zero-order valence-corrected chi connectivity index (χ0v) is 23.4. The van der Waals surface area contributed by atoms with Crippen molar-refractivity contribution in [3.8, 4) is 0 Å². The highest BCUT2D eigenvalue weighted by molar-refractivity contribution is 7.96. The lowest BCUT2D eigenvalue weighted by Crippen LogP contribution is -2.68. The van der Waals surface area contributed by atoms with Gasteiger partial charge in [0.05, 0.1) is 18.1 Å². The lowest BCUT2D eigenvalue weighted by Gasteiger charge is -2.50. The van der Waals surface area contributed by atoms with Gasteiger partial charge in [-0.2, -0.15) is 0 Å². The molecule has 1 saturated heterocycles. The van der Waals surface area contributed by atoms with Gasteiger partial charge >= 0.3 is 5.97 Å². The van der Waals surface area contributed by atoms with Crippen LogP contribution in [-0.2, 0) is 9.59 Å². The molecule has 0 bridgehead atoms. The highest BCUT2D eigenvalue weighted by Gasteiger charge is 2.55. The van der Waals surface area contributed by atoms with Crippen molar-refractivity contribution in [2.45, 2.75) is 25.5 Å². The number of nitrogens with two attached hydrogens (primary N) is 1. The van der Waals surface area contributed by atoms with Crippen molar-refractivity contribution in [3.63, 3.8) is 0 Å². The van der Waals surface area contributed by atoms with Crippen LogP contribution in [0.15, 0.2) is 115 Å². The number of Topliss-reactive ketones (excluding diaryl/α,β-unsaturated/α-hetero) is 1. The van der Waals surface area contributed by atoms with Crippen LogP contribution in [-0.4, -0.2) is 50.3 Å². The number of carboxylic acid groups (broad SMARTS) is 1. The molecular weight excluding hydrogens is 535 g/mol. The third kappa shape index (κ3) is 4.99. The van der Waals surface area contributed by atoms with Gasteiger partial charge in [-0.05, 0) is 47.1 Å². The maximum absolute atomic E-state index is 13.8. The van der Waals surface area contributed by atoms with Crippen molar-refractivity contribution in [2.75, 3.05) is 5.73 Å². The number of aliphatic carboxylic acids is 1. The van der Waals surface area contributed by atoms with Gasteiger partial charge in [0.15, 0.2) is 5.78 Å². The summed E-state index contributed by atoms with van der Waals surface area (Å²) >= 11 is 0. The average molecular weight is 567 g/mol. The number of benzene rings is 4. The molecule has 208 valence electrons. The Labute approximate surface area is 238 Å². The van der Waals surface area contributed by atoms with E-state index in [1.807, 2.05) is 91.0 Å². The number of carbonyl (C=O) groups is 3. The number of nitrogen functional groups attached to an aromatic ring is 1. The fourth-order valence-corrected chi connectivity index (χ4v) is 10.1. The van der Waals surface area contributed by atoms with E-state index in [2.05, 4.69) is 0 Å². The van der Waals surface area contributed by atoms with Crippen molar-refractivity contribution < 1.29 is 24.6 Å². The number of hydrogen-bond acceptors (Lipinski definition) is 5. The maximum Gasteiger partial charge on any atom is 0.353 e. The van der Waals surface area contributed by atoms with Crippen LogP contribution in [0.5, 0.6) is 0 Å². The Balaban J connectivity index is 1.82. The number of nitrogens with zero attached hydrogens (tertiary/aromatic N) is 1. The molecule has 5 rings (SSSR count). The molecule has 4 aromatic carbocycles. The number of β-lactam (4-membered cyclic amide) rings is 1. The summed E-state index contributed by atoms with van der Waals surface area (Å²) < 4.78 is 0. The number of carbonyl (C=O) groups excluding carboxylic acids is 2. The number of aliphatic hydroxyl groups is 1. The van der Waals surface area contributed by atoms with Gasteiger partial charge in [0, 0.05) is 24.6 Å². The number of aliphatic hydroxyl groups excluding tert-OH is 1. The molecule has 0 aliphatic carbocycles. The molecule has 1 amide bonds. The lowest BCUT2D eigenvalue weighted by molar-refractivity contribution is -0.156. The molecule has 4 aromatic rings. The molecule has 1 aliphatic rings. The van der Waals surface area contributed by atoms with Crippen molar-refractivity contribution >= 4 is 51.6 Å². The van der Waals surface area contributed by atoms with E-state index in [1.165, 1.54) is 11.8 Å². The molecule has 3 atom stereocenters. The zero-order valence-electron chi connectivity index (χ0n) is 22.5. The second kappa shape index (κ2) is 11.6. The fraction of sp³-hybridized carbons (Fsp3) is 0.152. The molecule has 0 spiro atoms. The normalized spacial score (nSPS) is 17.4. The third-order valence-electron chi connectivity index (χ3n) is 7.58. The molecule has 0 unspecified atom stereocenters. The number of hydrogen-bond donors (Lipinski definition) is 3. The standard InChI is InChI=1S/C33H31N2O5P/c1-22(36)30-28(21-29(37)23-17-19-24(34)20-18-23)35(31(30)38)32(33(39)40)41(25-11-5-2-6-12-25,26-13-7-3-8-14-26)27-15-9-4-10-16-27/h2-20,22,28,30,36H,21,34H2,1H3,(H,39,40)/t22-,28-,30-/m1/s1. The topological polar surface area (TPSA) is 121 Å². The van der Waals surface area contributed by atoms with Gasteiger partial charge in [-0.1, -0.05) is 91.0 Å². The number of anilines is 1. The van der Waals surface area contributed by atoms with E-state index >= 15 is 0 Å². The van der Waals surface area contributed by atoms with E-state index in [4.69, 9.17) is 5.73 Å². The maximum atomic E-state index is 13.8. The van der Waals surface area contributed by atoms with E-state index in [-0.39, 0.29) is 17.6 Å². The van der Waals surface area contributed by atoms with Crippen LogP contribution >= 0.6 is 6.89 Å². The van der Waals surface area contributed by atoms with Crippen LogP contribution in [0.3, 0.4) is 0 Å². The van der Waals surface area contributed by atoms with Crippen molar-refractivity contribution in [1.82, 2.24) is 4.90 Å². The summed E-state index contributed by atoms with van der Waals surface area (Å²) in [4.78, 5) is 42.0. The molecular formula is C33H31N2O5P. The second-order valence-corrected chi connectivity index (χ2v) is 13.4. The first kappa shape index (κ1) is 28.1. The largest absolute Gasteiger partial charge is 0.477 e. The van der Waals surface area contributed by atoms with E-state index in [1.54, 1.807) is 24.3 Å². The first-order chi connectivity index (χ1) is 19.8. The molecule has 8 heteroatoms. The lowest BCUT2D eigenvalue weighted by atomic mass is 9.79. The van der Waals surface area contributed by atoms with Crippen molar-refractivity contribution in [3.05, 3.63) is 121 Å². The Kier molecular flexibility index (Phi) is 7.93. The number of ketones is 1. The van der Waals surface area contributed by atoms with Gasteiger partial charge in [-0.25, -0.2) is 4.79 Å². The molecule has 0 aromatic heterocycles. The summed E-state index contributed by atoms with van der Waals surface area (Å²) in [6.07, 6.45) is -1.23. The van der Waals surface area contributed by atoms with Gasteiger partial charge in [0.2, 0.25) is 5.91 Å². The van der Waals surface area contributed by atoms with Crippen LogP contribution < -0.4 is 21.6 Å². The second-order valence-electron chi connectivity index (χ2n) is 10.1. The minimum Gasteiger partial charge on any atom is -0.477 e. The number of rotatable bonds is 9. The van der Waals surface area contributed by atoms with Crippen molar-refractivity contribution in [2.24, 2.45) is 5.92 Å². The predicted molar refractivity (Wildman–Crippen MR) is 163 cm³/mol. The first-order valence-electron chi connectivity index (χ1n) is 13.3. The van der Waals surface area contributed by atoms with Crippen LogP contribution in [0.25, 0.3) is 0 Å². The average Bonchev–Trinajstić information content (AvgIpc) is 2.98. The molecule has 4 N–H and O–H groups in total. The van der Waals surface area contributed by atoms with Gasteiger partial charge < -0.3 is 20.8 Å². The number of amides is 1. The molecule has 0 radical (unpaired) electrons. The SMILES string of the molecule is C[C@@H](O)[C@H]1C(=O)N(C(C(=O)O)=P(c2ccccc2)(c2ccccc2)c2ccccc2)[C@@H]1CC(=O)c1ccc(N)cc1. The fourth-order valence-electron chi connectivity index (χ4n) is 5.73. The summed E-state index contributed by atoms with van der Waals surface area (Å²) in [5.41, 5.74) is 6.61. The Bertz CT molecular complexity index is 1520. The summed E-state index contributed by atoms with van der Waals surface area (Å²) in [6.45, 7) is -1.69. The summed E-state index contributed by atoms with van der Waals surface area (Å²) in [5.74, 6) is -2.96. The quantitative estimate of drug-likeness (QED) is 0.124. The predicted octanol–water partition coefficient (Wildman–Crippen LogP) is 3.26. The molecule has 41 heavy (non-hydrogen) atoms. The monoisotopic (exact) mass is 566 g/mol. The first-order valence-corrected chi connectivity index (χ1v) is 15.1. The Morgan fingerprint density at radius 1 is 0.805 bits per heavy atom.